The monoisotopic (exact) mass is 361 g/mol. The maximum Gasteiger partial charge on any atom is 0.228 e. The van der Waals surface area contributed by atoms with Crippen molar-refractivity contribution in [3.63, 3.8) is 0 Å². The molecule has 2 heterocycles. The Balaban J connectivity index is 1.77. The number of amides is 2. The number of ether oxygens (including phenoxy) is 2. The van der Waals surface area contributed by atoms with Gasteiger partial charge in [-0.2, -0.15) is 0 Å². The molecule has 26 heavy (non-hydrogen) atoms. The van der Waals surface area contributed by atoms with E-state index >= 15 is 0 Å². The maximum absolute atomic E-state index is 13.0. The van der Waals surface area contributed by atoms with Crippen molar-refractivity contribution < 1.29 is 19.1 Å². The molecule has 2 aliphatic heterocycles. The highest BCUT2D eigenvalue weighted by Gasteiger charge is 2.40. The molecule has 7 heteroatoms. The fourth-order valence-corrected chi connectivity index (χ4v) is 3.72. The van der Waals surface area contributed by atoms with Crippen molar-refractivity contribution >= 4 is 17.5 Å². The molecule has 142 valence electrons. The number of rotatable bonds is 4. The highest BCUT2D eigenvalue weighted by Crippen LogP contribution is 2.36. The molecule has 2 aliphatic rings. The Morgan fingerprint density at radius 2 is 2.00 bits per heavy atom. The van der Waals surface area contributed by atoms with Gasteiger partial charge in [-0.25, -0.2) is 0 Å². The van der Waals surface area contributed by atoms with Gasteiger partial charge in [0, 0.05) is 44.2 Å². The van der Waals surface area contributed by atoms with Crippen molar-refractivity contribution in [1.29, 1.82) is 0 Å². The standard InChI is InChI=1S/C19H27N3O4/c1-12-13(2)21(8-7-20-12)19(24)14-9-18(23)22(11-14)16-6-5-15(25-3)10-17(16)26-4/h5-6,10,12-14,20H,7-9,11H2,1-4H3. The first-order chi connectivity index (χ1) is 12.5. The lowest BCUT2D eigenvalue weighted by Crippen LogP contribution is -2.58. The molecule has 0 bridgehead atoms. The summed E-state index contributed by atoms with van der Waals surface area (Å²) < 4.78 is 10.6. The van der Waals surface area contributed by atoms with Gasteiger partial charge in [-0.1, -0.05) is 0 Å². The second-order valence-corrected chi connectivity index (χ2v) is 6.96. The molecule has 0 spiro atoms. The average Bonchev–Trinajstić information content (AvgIpc) is 3.04. The van der Waals surface area contributed by atoms with E-state index in [0.717, 1.165) is 6.54 Å². The van der Waals surface area contributed by atoms with Crippen LogP contribution >= 0.6 is 0 Å². The number of benzene rings is 1. The minimum absolute atomic E-state index is 0.0531. The molecule has 3 unspecified atom stereocenters. The van der Waals surface area contributed by atoms with Crippen LogP contribution < -0.4 is 19.7 Å². The second-order valence-electron chi connectivity index (χ2n) is 6.96. The number of methoxy groups -OCH3 is 2. The van der Waals surface area contributed by atoms with Crippen LogP contribution in [-0.4, -0.2) is 62.7 Å². The van der Waals surface area contributed by atoms with Gasteiger partial charge in [0.25, 0.3) is 0 Å². The summed E-state index contributed by atoms with van der Waals surface area (Å²) in [5.41, 5.74) is 0.676. The quantitative estimate of drug-likeness (QED) is 0.874. The molecule has 3 rings (SSSR count). The van der Waals surface area contributed by atoms with Crippen LogP contribution in [-0.2, 0) is 9.59 Å². The van der Waals surface area contributed by atoms with Gasteiger partial charge in [-0.3, -0.25) is 9.59 Å². The summed E-state index contributed by atoms with van der Waals surface area (Å²) in [7, 11) is 3.14. The fraction of sp³-hybridized carbons (Fsp3) is 0.579. The van der Waals surface area contributed by atoms with Crippen molar-refractivity contribution in [3.8, 4) is 11.5 Å². The van der Waals surface area contributed by atoms with Crippen LogP contribution in [0.25, 0.3) is 0 Å². The van der Waals surface area contributed by atoms with E-state index in [1.54, 1.807) is 37.3 Å². The molecular weight excluding hydrogens is 334 g/mol. The van der Waals surface area contributed by atoms with Crippen LogP contribution in [0, 0.1) is 5.92 Å². The van der Waals surface area contributed by atoms with Crippen molar-refractivity contribution in [2.45, 2.75) is 32.4 Å². The van der Waals surface area contributed by atoms with Crippen LogP contribution in [0.2, 0.25) is 0 Å². The molecule has 0 saturated carbocycles. The number of nitrogens with zero attached hydrogens (tertiary/aromatic N) is 2. The van der Waals surface area contributed by atoms with E-state index < -0.39 is 0 Å². The number of hydrogen-bond acceptors (Lipinski definition) is 5. The Morgan fingerprint density at radius 1 is 1.23 bits per heavy atom. The predicted octanol–water partition coefficient (Wildman–Crippen LogP) is 1.27. The van der Waals surface area contributed by atoms with E-state index in [1.807, 2.05) is 4.90 Å². The molecule has 0 radical (unpaired) electrons. The summed E-state index contributed by atoms with van der Waals surface area (Å²) in [6.07, 6.45) is 0.235. The Bertz CT molecular complexity index is 693. The highest BCUT2D eigenvalue weighted by molar-refractivity contribution is 6.01. The number of hydrogen-bond donors (Lipinski definition) is 1. The minimum atomic E-state index is -0.318. The van der Waals surface area contributed by atoms with E-state index in [1.165, 1.54) is 0 Å². The van der Waals surface area contributed by atoms with E-state index in [2.05, 4.69) is 19.2 Å². The van der Waals surface area contributed by atoms with Crippen LogP contribution in [0.3, 0.4) is 0 Å². The van der Waals surface area contributed by atoms with E-state index in [0.29, 0.717) is 30.3 Å². The molecule has 1 aromatic rings. The number of anilines is 1. The molecule has 3 atom stereocenters. The second kappa shape index (κ2) is 7.53. The normalized spacial score (nSPS) is 26.2. The third-order valence-electron chi connectivity index (χ3n) is 5.47. The van der Waals surface area contributed by atoms with Gasteiger partial charge in [0.1, 0.15) is 11.5 Å². The highest BCUT2D eigenvalue weighted by atomic mass is 16.5. The molecule has 2 saturated heterocycles. The predicted molar refractivity (Wildman–Crippen MR) is 98.6 cm³/mol. The first kappa shape index (κ1) is 18.5. The molecule has 1 aromatic carbocycles. The summed E-state index contributed by atoms with van der Waals surface area (Å²) in [4.78, 5) is 29.2. The fourth-order valence-electron chi connectivity index (χ4n) is 3.72. The van der Waals surface area contributed by atoms with Gasteiger partial charge in [0.05, 0.1) is 25.8 Å². The summed E-state index contributed by atoms with van der Waals surface area (Å²) >= 11 is 0. The molecule has 0 aliphatic carbocycles. The average molecular weight is 361 g/mol. The lowest BCUT2D eigenvalue weighted by atomic mass is 10.0. The Kier molecular flexibility index (Phi) is 5.36. The molecule has 1 N–H and O–H groups in total. The van der Waals surface area contributed by atoms with Gasteiger partial charge in [0.2, 0.25) is 11.8 Å². The van der Waals surface area contributed by atoms with Crippen LogP contribution in [0.1, 0.15) is 20.3 Å². The Labute approximate surface area is 154 Å². The van der Waals surface area contributed by atoms with Crippen molar-refractivity contribution in [3.05, 3.63) is 18.2 Å². The zero-order chi connectivity index (χ0) is 18.8. The van der Waals surface area contributed by atoms with E-state index in [-0.39, 0.29) is 36.2 Å². The van der Waals surface area contributed by atoms with Crippen molar-refractivity contribution in [1.82, 2.24) is 10.2 Å². The Hall–Kier alpha value is -2.28. The largest absolute Gasteiger partial charge is 0.497 e. The van der Waals surface area contributed by atoms with Gasteiger partial charge in [-0.05, 0) is 26.0 Å². The minimum Gasteiger partial charge on any atom is -0.497 e. The van der Waals surface area contributed by atoms with Crippen molar-refractivity contribution in [2.75, 3.05) is 38.8 Å². The summed E-state index contributed by atoms with van der Waals surface area (Å²) in [5.74, 6) is 0.919. The van der Waals surface area contributed by atoms with Gasteiger partial charge >= 0.3 is 0 Å². The van der Waals surface area contributed by atoms with Gasteiger partial charge in [-0.15, -0.1) is 0 Å². The number of carbonyl (C=O) groups excluding carboxylic acids is 2. The number of carbonyl (C=O) groups is 2. The molecule has 2 fully saturated rings. The third kappa shape index (κ3) is 3.35. The van der Waals surface area contributed by atoms with Crippen LogP contribution in [0.15, 0.2) is 18.2 Å². The smallest absolute Gasteiger partial charge is 0.228 e. The Morgan fingerprint density at radius 3 is 2.69 bits per heavy atom. The van der Waals surface area contributed by atoms with Crippen LogP contribution in [0.4, 0.5) is 5.69 Å². The zero-order valence-corrected chi connectivity index (χ0v) is 15.8. The number of nitrogens with one attached hydrogen (secondary N) is 1. The number of piperazine rings is 1. The molecular formula is C19H27N3O4. The third-order valence-corrected chi connectivity index (χ3v) is 5.47. The summed E-state index contributed by atoms with van der Waals surface area (Å²) in [5, 5.41) is 3.38. The van der Waals surface area contributed by atoms with Gasteiger partial charge < -0.3 is 24.6 Å². The molecule has 0 aromatic heterocycles. The SMILES string of the molecule is COc1ccc(N2CC(C(=O)N3CCNC(C)C3C)CC2=O)c(OC)c1. The first-order valence-corrected chi connectivity index (χ1v) is 9.02. The lowest BCUT2D eigenvalue weighted by Gasteiger charge is -2.39. The topological polar surface area (TPSA) is 71.1 Å². The van der Waals surface area contributed by atoms with Crippen molar-refractivity contribution in [2.24, 2.45) is 5.92 Å². The van der Waals surface area contributed by atoms with Gasteiger partial charge in [0.15, 0.2) is 0 Å². The van der Waals surface area contributed by atoms with Crippen LogP contribution in [0.5, 0.6) is 11.5 Å². The maximum atomic E-state index is 13.0. The molecule has 2 amide bonds. The van der Waals surface area contributed by atoms with E-state index in [9.17, 15) is 9.59 Å². The zero-order valence-electron chi connectivity index (χ0n) is 15.8. The summed E-state index contributed by atoms with van der Waals surface area (Å²) in [6, 6.07) is 5.72. The van der Waals surface area contributed by atoms with E-state index in [4.69, 9.17) is 9.47 Å². The molecule has 7 nitrogen and oxygen atoms in total. The first-order valence-electron chi connectivity index (χ1n) is 9.02. The summed E-state index contributed by atoms with van der Waals surface area (Å²) in [6.45, 7) is 5.98. The lowest BCUT2D eigenvalue weighted by molar-refractivity contribution is -0.139.